The summed E-state index contributed by atoms with van der Waals surface area (Å²) in [7, 11) is -3.83. The number of amides is 2. The van der Waals surface area contributed by atoms with E-state index in [0.717, 1.165) is 6.07 Å². The number of rotatable bonds is 8. The summed E-state index contributed by atoms with van der Waals surface area (Å²) >= 11 is 0. The van der Waals surface area contributed by atoms with Gasteiger partial charge in [-0.2, -0.15) is 4.31 Å². The van der Waals surface area contributed by atoms with Gasteiger partial charge in [0.15, 0.2) is 0 Å². The van der Waals surface area contributed by atoms with Crippen molar-refractivity contribution in [2.24, 2.45) is 5.41 Å². The summed E-state index contributed by atoms with van der Waals surface area (Å²) in [6, 6.07) is 3.26. The molecule has 1 fully saturated rings. The highest BCUT2D eigenvalue weighted by Crippen LogP contribution is 2.32. The highest BCUT2D eigenvalue weighted by molar-refractivity contribution is 7.89. The number of piperazine rings is 1. The zero-order chi connectivity index (χ0) is 25.8. The second-order valence-corrected chi connectivity index (χ2v) is 11.2. The molecule has 1 aromatic carbocycles. The molecule has 1 unspecified atom stereocenters. The van der Waals surface area contributed by atoms with Crippen molar-refractivity contribution in [1.29, 1.82) is 0 Å². The maximum atomic E-state index is 12.8. The number of sulfonamides is 1. The van der Waals surface area contributed by atoms with E-state index < -0.39 is 26.4 Å². The number of anilines is 1. The molecule has 2 rings (SSSR count). The van der Waals surface area contributed by atoms with Crippen molar-refractivity contribution in [3.05, 3.63) is 28.3 Å². The maximum Gasteiger partial charge on any atom is 0.293 e. The summed E-state index contributed by atoms with van der Waals surface area (Å²) in [5.41, 5.74) is -0.597. The van der Waals surface area contributed by atoms with Crippen molar-refractivity contribution in [2.75, 3.05) is 44.2 Å². The van der Waals surface area contributed by atoms with E-state index in [1.54, 1.807) is 51.3 Å². The van der Waals surface area contributed by atoms with Gasteiger partial charge in [0.2, 0.25) is 21.8 Å². The fraction of sp³-hybridized carbons (Fsp3) is 0.636. The number of nitrogens with one attached hydrogen (secondary N) is 1. The van der Waals surface area contributed by atoms with E-state index in [0.29, 0.717) is 31.9 Å². The molecule has 2 amide bonds. The van der Waals surface area contributed by atoms with Crippen LogP contribution in [0.25, 0.3) is 0 Å². The van der Waals surface area contributed by atoms with Gasteiger partial charge in [0.1, 0.15) is 11.7 Å². The Hall–Kier alpha value is -2.73. The molecule has 0 bridgehead atoms. The Morgan fingerprint density at radius 2 is 1.71 bits per heavy atom. The van der Waals surface area contributed by atoms with E-state index in [9.17, 15) is 28.1 Å². The van der Waals surface area contributed by atoms with Crippen LogP contribution < -0.4 is 10.2 Å². The van der Waals surface area contributed by atoms with Gasteiger partial charge in [0.25, 0.3) is 5.69 Å². The summed E-state index contributed by atoms with van der Waals surface area (Å²) in [6.45, 7) is 12.2. The molecule has 1 atom stereocenters. The molecule has 34 heavy (non-hydrogen) atoms. The molecule has 0 aliphatic carbocycles. The van der Waals surface area contributed by atoms with E-state index in [-0.39, 0.29) is 35.5 Å². The SMILES string of the molecule is CCN(CC)S(=O)(=O)c1ccc(N2CCN(C(=O)C(C)NC(=O)C(C)(C)C)CC2)c([N+](=O)[O-])c1. The maximum absolute atomic E-state index is 12.8. The van der Waals surface area contributed by atoms with Crippen LogP contribution in [0.4, 0.5) is 11.4 Å². The number of nitrogens with zero attached hydrogens (tertiary/aromatic N) is 4. The number of carbonyl (C=O) groups is 2. The van der Waals surface area contributed by atoms with Gasteiger partial charge >= 0.3 is 0 Å². The fourth-order valence-electron chi connectivity index (χ4n) is 3.71. The Morgan fingerprint density at radius 3 is 2.18 bits per heavy atom. The highest BCUT2D eigenvalue weighted by atomic mass is 32.2. The van der Waals surface area contributed by atoms with Crippen LogP contribution in [0.5, 0.6) is 0 Å². The van der Waals surface area contributed by atoms with Gasteiger partial charge < -0.3 is 15.1 Å². The first-order valence-electron chi connectivity index (χ1n) is 11.4. The number of hydrogen-bond acceptors (Lipinski definition) is 7. The van der Waals surface area contributed by atoms with E-state index in [1.165, 1.54) is 16.4 Å². The van der Waals surface area contributed by atoms with Crippen LogP contribution in [-0.4, -0.2) is 79.7 Å². The van der Waals surface area contributed by atoms with Gasteiger partial charge in [-0.1, -0.05) is 34.6 Å². The third-order valence-corrected chi connectivity index (χ3v) is 7.86. The van der Waals surface area contributed by atoms with E-state index in [1.807, 2.05) is 0 Å². The molecular formula is C22H35N5O6S. The van der Waals surface area contributed by atoms with Crippen molar-refractivity contribution in [3.8, 4) is 0 Å². The van der Waals surface area contributed by atoms with Crippen molar-refractivity contribution >= 4 is 33.2 Å². The van der Waals surface area contributed by atoms with Crippen molar-refractivity contribution < 1.29 is 22.9 Å². The Balaban J connectivity index is 2.16. The zero-order valence-electron chi connectivity index (χ0n) is 20.7. The van der Waals surface area contributed by atoms with Crippen molar-refractivity contribution in [1.82, 2.24) is 14.5 Å². The lowest BCUT2D eigenvalue weighted by molar-refractivity contribution is -0.384. The van der Waals surface area contributed by atoms with Crippen LogP contribution in [-0.2, 0) is 19.6 Å². The first kappa shape index (κ1) is 27.5. The average molecular weight is 498 g/mol. The highest BCUT2D eigenvalue weighted by Gasteiger charge is 2.32. The predicted molar refractivity (Wildman–Crippen MR) is 129 cm³/mol. The van der Waals surface area contributed by atoms with E-state index in [4.69, 9.17) is 0 Å². The Bertz CT molecular complexity index is 1020. The molecule has 1 saturated heterocycles. The second-order valence-electron chi connectivity index (χ2n) is 9.25. The standard InChI is InChI=1S/C22H35N5O6S/c1-7-26(8-2)34(32,33)17-9-10-18(19(15-17)27(30)31)24-11-13-25(14-12-24)20(28)16(3)23-21(29)22(4,5)6/h9-10,15-16H,7-8,11-14H2,1-6H3,(H,23,29). The quantitative estimate of drug-likeness (QED) is 0.428. The summed E-state index contributed by atoms with van der Waals surface area (Å²) in [4.78, 5) is 39.4. The van der Waals surface area contributed by atoms with Crippen LogP contribution in [0.1, 0.15) is 41.5 Å². The average Bonchev–Trinajstić information content (AvgIpc) is 2.78. The molecule has 1 aliphatic rings. The molecule has 12 heteroatoms. The van der Waals surface area contributed by atoms with Gasteiger partial charge in [0.05, 0.1) is 9.82 Å². The minimum absolute atomic E-state index is 0.121. The summed E-state index contributed by atoms with van der Waals surface area (Å²) in [5.74, 6) is -0.435. The molecular weight excluding hydrogens is 462 g/mol. The fourth-order valence-corrected chi connectivity index (χ4v) is 5.18. The van der Waals surface area contributed by atoms with Gasteiger partial charge in [-0.05, 0) is 19.1 Å². The summed E-state index contributed by atoms with van der Waals surface area (Å²) in [5, 5.41) is 14.5. The lowest BCUT2D eigenvalue weighted by Gasteiger charge is -2.37. The van der Waals surface area contributed by atoms with Crippen LogP contribution in [0, 0.1) is 15.5 Å². The van der Waals surface area contributed by atoms with Crippen LogP contribution >= 0.6 is 0 Å². The number of benzene rings is 1. The van der Waals surface area contributed by atoms with Gasteiger partial charge in [-0.25, -0.2) is 8.42 Å². The first-order chi connectivity index (χ1) is 15.7. The number of nitro benzene ring substituents is 1. The minimum Gasteiger partial charge on any atom is -0.362 e. The molecule has 0 saturated carbocycles. The van der Waals surface area contributed by atoms with Crippen LogP contribution in [0.2, 0.25) is 0 Å². The molecule has 0 aromatic heterocycles. The zero-order valence-corrected chi connectivity index (χ0v) is 21.5. The molecule has 1 N–H and O–H groups in total. The summed E-state index contributed by atoms with van der Waals surface area (Å²) in [6.07, 6.45) is 0. The second kappa shape index (κ2) is 10.7. The largest absolute Gasteiger partial charge is 0.362 e. The molecule has 0 radical (unpaired) electrons. The molecule has 1 heterocycles. The number of hydrogen-bond donors (Lipinski definition) is 1. The number of nitro groups is 1. The normalized spacial score (nSPS) is 15.9. The summed E-state index contributed by atoms with van der Waals surface area (Å²) < 4.78 is 26.8. The molecule has 1 aliphatic heterocycles. The third-order valence-electron chi connectivity index (χ3n) is 5.82. The van der Waals surface area contributed by atoms with Crippen LogP contribution in [0.15, 0.2) is 23.1 Å². The molecule has 11 nitrogen and oxygen atoms in total. The molecule has 190 valence electrons. The Labute approximate surface area is 201 Å². The van der Waals surface area contributed by atoms with E-state index in [2.05, 4.69) is 5.32 Å². The monoisotopic (exact) mass is 497 g/mol. The lowest BCUT2D eigenvalue weighted by atomic mass is 9.95. The Morgan fingerprint density at radius 1 is 1.15 bits per heavy atom. The van der Waals surface area contributed by atoms with Crippen LogP contribution in [0.3, 0.4) is 0 Å². The number of carbonyl (C=O) groups excluding carboxylic acids is 2. The third kappa shape index (κ3) is 6.03. The van der Waals surface area contributed by atoms with Gasteiger partial charge in [0, 0.05) is 50.7 Å². The Kier molecular flexibility index (Phi) is 8.65. The topological polar surface area (TPSA) is 133 Å². The van der Waals surface area contributed by atoms with Crippen molar-refractivity contribution in [2.45, 2.75) is 52.5 Å². The molecule has 1 aromatic rings. The van der Waals surface area contributed by atoms with E-state index >= 15 is 0 Å². The predicted octanol–water partition coefficient (Wildman–Crippen LogP) is 1.82. The van der Waals surface area contributed by atoms with Crippen molar-refractivity contribution in [3.63, 3.8) is 0 Å². The smallest absolute Gasteiger partial charge is 0.293 e. The van der Waals surface area contributed by atoms with Gasteiger partial charge in [-0.15, -0.1) is 0 Å². The lowest BCUT2D eigenvalue weighted by Crippen LogP contribution is -2.55. The first-order valence-corrected chi connectivity index (χ1v) is 12.8. The van der Waals surface area contributed by atoms with Gasteiger partial charge in [-0.3, -0.25) is 19.7 Å². The molecule has 0 spiro atoms. The minimum atomic E-state index is -3.83.